The second-order valence-electron chi connectivity index (χ2n) is 7.74. The summed E-state index contributed by atoms with van der Waals surface area (Å²) in [5.74, 6) is 0. The van der Waals surface area contributed by atoms with E-state index in [1.807, 2.05) is 97.1 Å². The summed E-state index contributed by atoms with van der Waals surface area (Å²) in [5.41, 5.74) is 7.06. The standard InChI is InChI=1S/2C14H10N3.2Cu.2NO3/c2*1-3-9-15-11(5-1)13-7-8-14(17-13)12-6-2-4-10-16-12;;;2*2-1(3)4/h2*1-10H;;;;/q2*-1;2*+2;2*-1. The minimum absolute atomic E-state index is 0. The summed E-state index contributed by atoms with van der Waals surface area (Å²) >= 11 is 0. The van der Waals surface area contributed by atoms with Gasteiger partial charge in [-0.15, -0.1) is 22.8 Å². The zero-order valence-corrected chi connectivity index (χ0v) is 24.1. The molecule has 44 heavy (non-hydrogen) atoms. The molecule has 0 saturated carbocycles. The SMILES string of the molecule is O=[N+]([O-])[O-].O=[N+]([O-])[O-].[Cu+2].[Cu+2].c1ccc(-c2ccc(-c3ccccn3)[n-]2)nc1.c1ccc(-c2ccc(-c3ccccn3)[n-]2)nc1. The van der Waals surface area contributed by atoms with E-state index in [-0.39, 0.29) is 34.1 Å². The molecule has 0 unspecified atom stereocenters. The Bertz CT molecular complexity index is 1420. The third-order valence-corrected chi connectivity index (χ3v) is 4.99. The van der Waals surface area contributed by atoms with Crippen LogP contribution < -0.4 is 9.97 Å². The number of nitrogens with zero attached hydrogens (tertiary/aromatic N) is 8. The Morgan fingerprint density at radius 1 is 0.409 bits per heavy atom. The number of hydrogen-bond acceptors (Lipinski definition) is 10. The zero-order valence-electron chi connectivity index (χ0n) is 22.2. The Balaban J connectivity index is 0.000000343. The average molecular weight is 692 g/mol. The van der Waals surface area contributed by atoms with Gasteiger partial charge in [0.1, 0.15) is 0 Å². The predicted molar refractivity (Wildman–Crippen MR) is 153 cm³/mol. The Labute approximate surface area is 271 Å². The molecule has 14 nitrogen and oxygen atoms in total. The number of aromatic nitrogens is 6. The van der Waals surface area contributed by atoms with Crippen LogP contribution in [0.25, 0.3) is 45.6 Å². The van der Waals surface area contributed by atoms with Crippen molar-refractivity contribution >= 4 is 0 Å². The summed E-state index contributed by atoms with van der Waals surface area (Å²) < 4.78 is 0. The van der Waals surface area contributed by atoms with Crippen LogP contribution in [0.15, 0.2) is 122 Å². The van der Waals surface area contributed by atoms with Crippen molar-refractivity contribution in [3.63, 3.8) is 0 Å². The third-order valence-electron chi connectivity index (χ3n) is 4.99. The maximum atomic E-state index is 8.25. The summed E-state index contributed by atoms with van der Waals surface area (Å²) in [5, 5.41) is 29.5. The minimum Gasteiger partial charge on any atom is -0.654 e. The second kappa shape index (κ2) is 19.7. The van der Waals surface area contributed by atoms with Crippen molar-refractivity contribution in [1.82, 2.24) is 29.9 Å². The number of rotatable bonds is 4. The summed E-state index contributed by atoms with van der Waals surface area (Å²) in [4.78, 5) is 42.6. The quantitative estimate of drug-likeness (QED) is 0.135. The van der Waals surface area contributed by atoms with Gasteiger partial charge < -0.3 is 40.6 Å². The van der Waals surface area contributed by atoms with Gasteiger partial charge in [-0.1, -0.05) is 48.5 Å². The average Bonchev–Trinajstić information content (AvgIpc) is 3.70. The smallest absolute Gasteiger partial charge is 0.654 e. The fraction of sp³-hybridized carbons (Fsp3) is 0. The van der Waals surface area contributed by atoms with Gasteiger partial charge >= 0.3 is 34.1 Å². The molecule has 0 N–H and O–H groups in total. The second-order valence-corrected chi connectivity index (χ2v) is 7.74. The van der Waals surface area contributed by atoms with Crippen molar-refractivity contribution in [2.45, 2.75) is 0 Å². The van der Waals surface area contributed by atoms with Crippen molar-refractivity contribution in [3.05, 3.63) is 152 Å². The van der Waals surface area contributed by atoms with Crippen LogP contribution in [0.3, 0.4) is 0 Å². The van der Waals surface area contributed by atoms with Gasteiger partial charge in [0.15, 0.2) is 0 Å². The van der Waals surface area contributed by atoms with E-state index in [4.69, 9.17) is 30.6 Å². The molecule has 0 amide bonds. The number of hydrogen-bond donors (Lipinski definition) is 0. The van der Waals surface area contributed by atoms with Crippen molar-refractivity contribution in [3.8, 4) is 45.6 Å². The summed E-state index contributed by atoms with van der Waals surface area (Å²) in [6.07, 6.45) is 7.07. The van der Waals surface area contributed by atoms with Crippen molar-refractivity contribution in [1.29, 1.82) is 0 Å². The van der Waals surface area contributed by atoms with Crippen LogP contribution in [0.5, 0.6) is 0 Å². The van der Waals surface area contributed by atoms with Gasteiger partial charge in [-0.05, 0) is 48.5 Å². The molecular formula is C28H20Cu2N8O6. The molecule has 0 atom stereocenters. The monoisotopic (exact) mass is 690 g/mol. The summed E-state index contributed by atoms with van der Waals surface area (Å²) in [7, 11) is 0. The molecular weight excluding hydrogens is 671 g/mol. The van der Waals surface area contributed by atoms with Gasteiger partial charge in [-0.2, -0.15) is 0 Å². The fourth-order valence-corrected chi connectivity index (χ4v) is 3.35. The molecule has 0 bridgehead atoms. The maximum Gasteiger partial charge on any atom is 2.00 e. The fourth-order valence-electron chi connectivity index (χ4n) is 3.35. The van der Waals surface area contributed by atoms with E-state index in [2.05, 4.69) is 29.9 Å². The van der Waals surface area contributed by atoms with E-state index in [0.717, 1.165) is 45.6 Å². The van der Waals surface area contributed by atoms with E-state index in [9.17, 15) is 0 Å². The molecule has 0 aliphatic rings. The van der Waals surface area contributed by atoms with E-state index < -0.39 is 10.2 Å². The van der Waals surface area contributed by atoms with Gasteiger partial charge in [0, 0.05) is 47.6 Å². The first-order valence-corrected chi connectivity index (χ1v) is 11.9. The number of pyridine rings is 4. The Hall–Kier alpha value is -5.40. The molecule has 0 fully saturated rings. The molecule has 0 aliphatic carbocycles. The zero-order chi connectivity index (χ0) is 30.2. The molecule has 230 valence electrons. The Morgan fingerprint density at radius 2 is 0.614 bits per heavy atom. The van der Waals surface area contributed by atoms with Gasteiger partial charge in [-0.3, -0.25) is 19.9 Å². The topological polar surface area (TPSA) is 212 Å². The van der Waals surface area contributed by atoms with Crippen LogP contribution in [-0.2, 0) is 34.1 Å². The van der Waals surface area contributed by atoms with Crippen LogP contribution in [0, 0.1) is 30.6 Å². The van der Waals surface area contributed by atoms with Crippen LogP contribution in [0.2, 0.25) is 0 Å². The van der Waals surface area contributed by atoms with Crippen LogP contribution >= 0.6 is 0 Å². The molecule has 0 aromatic carbocycles. The maximum absolute atomic E-state index is 8.25. The molecule has 0 spiro atoms. The predicted octanol–water partition coefficient (Wildman–Crippen LogP) is 5.05. The summed E-state index contributed by atoms with van der Waals surface area (Å²) in [6, 6.07) is 31.1. The molecule has 6 heterocycles. The van der Waals surface area contributed by atoms with Gasteiger partial charge in [-0.25, -0.2) is 0 Å². The van der Waals surface area contributed by atoms with Crippen molar-refractivity contribution in [2.75, 3.05) is 0 Å². The molecule has 6 rings (SSSR count). The van der Waals surface area contributed by atoms with E-state index in [0.29, 0.717) is 0 Å². The minimum atomic E-state index is -1.75. The third kappa shape index (κ3) is 12.6. The molecule has 0 saturated heterocycles. The largest absolute Gasteiger partial charge is 2.00 e. The van der Waals surface area contributed by atoms with E-state index >= 15 is 0 Å². The first-order valence-electron chi connectivity index (χ1n) is 11.9. The normalized spacial score (nSPS) is 9.09. The van der Waals surface area contributed by atoms with Crippen LogP contribution in [0.4, 0.5) is 0 Å². The Kier molecular flexibility index (Phi) is 16.4. The van der Waals surface area contributed by atoms with Crippen LogP contribution in [0.1, 0.15) is 0 Å². The van der Waals surface area contributed by atoms with E-state index in [1.165, 1.54) is 0 Å². The van der Waals surface area contributed by atoms with E-state index in [1.54, 1.807) is 24.8 Å². The Morgan fingerprint density at radius 3 is 0.773 bits per heavy atom. The van der Waals surface area contributed by atoms with Crippen molar-refractivity contribution in [2.24, 2.45) is 0 Å². The summed E-state index contributed by atoms with van der Waals surface area (Å²) in [6.45, 7) is 0. The molecule has 16 heteroatoms. The van der Waals surface area contributed by atoms with Crippen molar-refractivity contribution < 1.29 is 44.3 Å². The molecule has 2 radical (unpaired) electrons. The first-order chi connectivity index (χ1) is 20.3. The van der Waals surface area contributed by atoms with Gasteiger partial charge in [0.25, 0.3) is 0 Å². The molecule has 6 aromatic heterocycles. The van der Waals surface area contributed by atoms with Gasteiger partial charge in [0.05, 0.1) is 10.2 Å². The molecule has 0 aliphatic heterocycles. The van der Waals surface area contributed by atoms with Gasteiger partial charge in [0.2, 0.25) is 0 Å². The first kappa shape index (κ1) is 36.6. The van der Waals surface area contributed by atoms with Crippen LogP contribution in [-0.4, -0.2) is 30.1 Å². The molecule has 6 aromatic rings.